The van der Waals surface area contributed by atoms with E-state index in [0.29, 0.717) is 0 Å². The Labute approximate surface area is 166 Å². The Balaban J connectivity index is 1.86. The van der Waals surface area contributed by atoms with E-state index in [1.54, 1.807) is 14.2 Å². The highest BCUT2D eigenvalue weighted by molar-refractivity contribution is 5.73. The number of nitrogens with one attached hydrogen (secondary N) is 1. The summed E-state index contributed by atoms with van der Waals surface area (Å²) in [6.45, 7) is 7.19. The van der Waals surface area contributed by atoms with E-state index >= 15 is 0 Å². The molecule has 0 spiro atoms. The molecule has 0 radical (unpaired) electrons. The van der Waals surface area contributed by atoms with E-state index in [0.717, 1.165) is 67.5 Å². The fourth-order valence-electron chi connectivity index (χ4n) is 3.84. The lowest BCUT2D eigenvalue weighted by molar-refractivity contribution is 0.280. The van der Waals surface area contributed by atoms with Crippen molar-refractivity contribution in [3.05, 3.63) is 47.8 Å². The van der Waals surface area contributed by atoms with Crippen LogP contribution in [-0.2, 0) is 6.54 Å². The van der Waals surface area contributed by atoms with Crippen LogP contribution < -0.4 is 14.8 Å². The number of ether oxygens (including phenoxy) is 2. The monoisotopic (exact) mass is 380 g/mol. The SMILES string of the molecule is COc1ccc(OC)c(-c2nc3ccc(C)cn3c2CN2CCCNCC2)c1. The molecule has 0 atom stereocenters. The number of hydrogen-bond donors (Lipinski definition) is 1. The largest absolute Gasteiger partial charge is 0.497 e. The fourth-order valence-corrected chi connectivity index (χ4v) is 3.84. The summed E-state index contributed by atoms with van der Waals surface area (Å²) < 4.78 is 13.3. The maximum Gasteiger partial charge on any atom is 0.137 e. The van der Waals surface area contributed by atoms with Gasteiger partial charge in [0.05, 0.1) is 25.6 Å². The average molecular weight is 380 g/mol. The number of imidazole rings is 1. The highest BCUT2D eigenvalue weighted by atomic mass is 16.5. The van der Waals surface area contributed by atoms with E-state index in [2.05, 4.69) is 39.9 Å². The van der Waals surface area contributed by atoms with Crippen LogP contribution in [0, 0.1) is 6.92 Å². The van der Waals surface area contributed by atoms with Crippen LogP contribution >= 0.6 is 0 Å². The molecule has 0 amide bonds. The molecule has 0 unspecified atom stereocenters. The minimum atomic E-state index is 0.800. The third-order valence-corrected chi connectivity index (χ3v) is 5.33. The van der Waals surface area contributed by atoms with Crippen LogP contribution in [0.3, 0.4) is 0 Å². The third kappa shape index (κ3) is 3.70. The van der Waals surface area contributed by atoms with Crippen molar-refractivity contribution in [1.82, 2.24) is 19.6 Å². The van der Waals surface area contributed by atoms with Gasteiger partial charge in [0.1, 0.15) is 17.1 Å². The third-order valence-electron chi connectivity index (χ3n) is 5.33. The number of aromatic nitrogens is 2. The second kappa shape index (κ2) is 8.20. The number of methoxy groups -OCH3 is 2. The van der Waals surface area contributed by atoms with Crippen LogP contribution in [0.2, 0.25) is 0 Å². The molecule has 1 aliphatic heterocycles. The van der Waals surface area contributed by atoms with Crippen molar-refractivity contribution in [1.29, 1.82) is 0 Å². The second-order valence-electron chi connectivity index (χ2n) is 7.29. The molecule has 28 heavy (non-hydrogen) atoms. The van der Waals surface area contributed by atoms with Crippen LogP contribution in [-0.4, -0.2) is 54.7 Å². The molecule has 6 heteroatoms. The molecule has 1 saturated heterocycles. The first-order valence-electron chi connectivity index (χ1n) is 9.82. The minimum Gasteiger partial charge on any atom is -0.497 e. The maximum absolute atomic E-state index is 5.66. The van der Waals surface area contributed by atoms with Crippen molar-refractivity contribution >= 4 is 5.65 Å². The lowest BCUT2D eigenvalue weighted by Crippen LogP contribution is -2.28. The lowest BCUT2D eigenvalue weighted by Gasteiger charge is -2.20. The Morgan fingerprint density at radius 3 is 2.79 bits per heavy atom. The summed E-state index contributed by atoms with van der Waals surface area (Å²) in [5, 5.41) is 3.48. The van der Waals surface area contributed by atoms with Gasteiger partial charge in [-0.1, -0.05) is 6.07 Å². The van der Waals surface area contributed by atoms with Crippen molar-refractivity contribution < 1.29 is 9.47 Å². The zero-order valence-electron chi connectivity index (χ0n) is 16.9. The fraction of sp³-hybridized carbons (Fsp3) is 0.409. The van der Waals surface area contributed by atoms with E-state index in [1.165, 1.54) is 11.3 Å². The first-order chi connectivity index (χ1) is 13.7. The summed E-state index contributed by atoms with van der Waals surface area (Å²) in [7, 11) is 3.38. The van der Waals surface area contributed by atoms with Gasteiger partial charge < -0.3 is 19.2 Å². The number of rotatable bonds is 5. The van der Waals surface area contributed by atoms with E-state index in [-0.39, 0.29) is 0 Å². The summed E-state index contributed by atoms with van der Waals surface area (Å²) >= 11 is 0. The maximum atomic E-state index is 5.66. The van der Waals surface area contributed by atoms with Gasteiger partial charge in [0.2, 0.25) is 0 Å². The van der Waals surface area contributed by atoms with Crippen molar-refractivity contribution in [2.75, 3.05) is 40.4 Å². The average Bonchev–Trinajstić information content (AvgIpc) is 2.88. The standard InChI is InChI=1S/C22H28N4O2/c1-16-5-8-21-24-22(18-13-17(27-2)6-7-20(18)28-3)19(26(21)14-16)15-25-11-4-9-23-10-12-25/h5-8,13-14,23H,4,9-12,15H2,1-3H3. The Bertz CT molecular complexity index is 959. The van der Waals surface area contributed by atoms with Gasteiger partial charge in [-0.05, 0) is 56.3 Å². The molecule has 1 N–H and O–H groups in total. The molecule has 2 aromatic heterocycles. The summed E-state index contributed by atoms with van der Waals surface area (Å²) in [6.07, 6.45) is 3.33. The first-order valence-corrected chi connectivity index (χ1v) is 9.82. The van der Waals surface area contributed by atoms with Gasteiger partial charge in [-0.3, -0.25) is 4.90 Å². The molecular formula is C22H28N4O2. The van der Waals surface area contributed by atoms with E-state index in [1.807, 2.05) is 18.2 Å². The number of hydrogen-bond acceptors (Lipinski definition) is 5. The molecule has 148 valence electrons. The van der Waals surface area contributed by atoms with Crippen LogP contribution in [0.1, 0.15) is 17.7 Å². The normalized spacial score (nSPS) is 15.5. The molecule has 0 aliphatic carbocycles. The predicted octanol–water partition coefficient (Wildman–Crippen LogP) is 3.12. The van der Waals surface area contributed by atoms with Gasteiger partial charge in [0.15, 0.2) is 0 Å². The second-order valence-corrected chi connectivity index (χ2v) is 7.29. The van der Waals surface area contributed by atoms with Gasteiger partial charge >= 0.3 is 0 Å². The molecule has 3 aromatic rings. The molecule has 0 saturated carbocycles. The van der Waals surface area contributed by atoms with Crippen molar-refractivity contribution in [2.45, 2.75) is 19.9 Å². The molecule has 1 aliphatic rings. The Hall–Kier alpha value is -2.57. The molecule has 6 nitrogen and oxygen atoms in total. The zero-order valence-corrected chi connectivity index (χ0v) is 16.9. The van der Waals surface area contributed by atoms with E-state index in [9.17, 15) is 0 Å². The first kappa shape index (κ1) is 18.8. The van der Waals surface area contributed by atoms with Crippen LogP contribution in [0.4, 0.5) is 0 Å². The van der Waals surface area contributed by atoms with Crippen molar-refractivity contribution in [2.24, 2.45) is 0 Å². The van der Waals surface area contributed by atoms with Crippen molar-refractivity contribution in [3.63, 3.8) is 0 Å². The summed E-state index contributed by atoms with van der Waals surface area (Å²) in [5.74, 6) is 1.61. The summed E-state index contributed by atoms with van der Waals surface area (Å²) in [5.41, 5.74) is 5.28. The zero-order chi connectivity index (χ0) is 19.5. The Morgan fingerprint density at radius 2 is 1.96 bits per heavy atom. The number of aryl methyl sites for hydroxylation is 1. The van der Waals surface area contributed by atoms with Gasteiger partial charge in [0.25, 0.3) is 0 Å². The Morgan fingerprint density at radius 1 is 1.07 bits per heavy atom. The quantitative estimate of drug-likeness (QED) is 0.737. The molecule has 3 heterocycles. The molecular weight excluding hydrogens is 352 g/mol. The number of fused-ring (bicyclic) bond motifs is 1. The van der Waals surface area contributed by atoms with Crippen molar-refractivity contribution in [3.8, 4) is 22.8 Å². The smallest absolute Gasteiger partial charge is 0.137 e. The minimum absolute atomic E-state index is 0.800. The van der Waals surface area contributed by atoms with E-state index < -0.39 is 0 Å². The molecule has 4 rings (SSSR count). The topological polar surface area (TPSA) is 51.0 Å². The molecule has 1 aromatic carbocycles. The van der Waals surface area contributed by atoms with Gasteiger partial charge in [0, 0.05) is 31.4 Å². The van der Waals surface area contributed by atoms with E-state index in [4.69, 9.17) is 14.5 Å². The lowest BCUT2D eigenvalue weighted by atomic mass is 10.1. The predicted molar refractivity (Wildman–Crippen MR) is 111 cm³/mol. The molecule has 1 fully saturated rings. The van der Waals surface area contributed by atoms with Crippen LogP contribution in [0.5, 0.6) is 11.5 Å². The number of nitrogens with zero attached hydrogens (tertiary/aromatic N) is 3. The van der Waals surface area contributed by atoms with Crippen LogP contribution in [0.25, 0.3) is 16.9 Å². The highest BCUT2D eigenvalue weighted by Crippen LogP contribution is 2.36. The van der Waals surface area contributed by atoms with Gasteiger partial charge in [-0.15, -0.1) is 0 Å². The Kier molecular flexibility index (Phi) is 5.50. The molecule has 0 bridgehead atoms. The summed E-state index contributed by atoms with van der Waals surface area (Å²) in [6, 6.07) is 10.1. The summed E-state index contributed by atoms with van der Waals surface area (Å²) in [4.78, 5) is 7.48. The van der Waals surface area contributed by atoms with Crippen LogP contribution in [0.15, 0.2) is 36.5 Å². The van der Waals surface area contributed by atoms with Gasteiger partial charge in [-0.2, -0.15) is 0 Å². The number of pyridine rings is 1. The van der Waals surface area contributed by atoms with Gasteiger partial charge in [-0.25, -0.2) is 4.98 Å². The number of benzene rings is 1. The highest BCUT2D eigenvalue weighted by Gasteiger charge is 2.21.